The largest absolute Gasteiger partial charge is 0.497 e. The highest BCUT2D eigenvalue weighted by Crippen LogP contribution is 2.16. The first-order chi connectivity index (χ1) is 10.7. The number of methoxy groups -OCH3 is 1. The van der Waals surface area contributed by atoms with Gasteiger partial charge in [0.15, 0.2) is 0 Å². The van der Waals surface area contributed by atoms with Crippen LogP contribution in [0.5, 0.6) is 5.75 Å². The van der Waals surface area contributed by atoms with Crippen molar-refractivity contribution in [2.45, 2.75) is 5.75 Å². The Morgan fingerprint density at radius 1 is 1.23 bits per heavy atom. The van der Waals surface area contributed by atoms with Gasteiger partial charge < -0.3 is 10.1 Å². The Hall–Kier alpha value is -1.65. The van der Waals surface area contributed by atoms with Crippen molar-refractivity contribution in [1.29, 1.82) is 0 Å². The van der Waals surface area contributed by atoms with Crippen LogP contribution in [0, 0.1) is 0 Å². The monoisotopic (exact) mass is 335 g/mol. The van der Waals surface area contributed by atoms with Crippen molar-refractivity contribution in [1.82, 2.24) is 5.32 Å². The van der Waals surface area contributed by atoms with Gasteiger partial charge in [0, 0.05) is 28.6 Å². The predicted molar refractivity (Wildman–Crippen MR) is 92.9 cm³/mol. The van der Waals surface area contributed by atoms with Gasteiger partial charge in [-0.05, 0) is 42.0 Å². The van der Waals surface area contributed by atoms with Gasteiger partial charge in [0.05, 0.1) is 7.11 Å². The molecule has 2 rings (SSSR count). The predicted octanol–water partition coefficient (Wildman–Crippen LogP) is 4.01. The van der Waals surface area contributed by atoms with Gasteiger partial charge in [-0.2, -0.15) is 11.8 Å². The van der Waals surface area contributed by atoms with E-state index in [-0.39, 0.29) is 5.91 Å². The number of ether oxygens (including phenoxy) is 1. The van der Waals surface area contributed by atoms with E-state index >= 15 is 0 Å². The molecule has 0 fully saturated rings. The number of hydrogen-bond acceptors (Lipinski definition) is 3. The summed E-state index contributed by atoms with van der Waals surface area (Å²) in [5, 5.41) is 3.66. The first kappa shape index (κ1) is 16.7. The Bertz CT molecular complexity index is 616. The normalized spacial score (nSPS) is 10.3. The standard InChI is InChI=1S/C17H18ClNO2S/c1-21-16-7-5-14(6-8-16)17(20)19-9-10-22-12-13-3-2-4-15(18)11-13/h2-8,11H,9-10,12H2,1H3,(H,19,20). The third kappa shape index (κ3) is 5.28. The van der Waals surface area contributed by atoms with Gasteiger partial charge in [0.25, 0.3) is 5.91 Å². The van der Waals surface area contributed by atoms with Gasteiger partial charge in [0.2, 0.25) is 0 Å². The molecule has 22 heavy (non-hydrogen) atoms. The summed E-state index contributed by atoms with van der Waals surface area (Å²) in [6, 6.07) is 14.9. The Labute approximate surface area is 140 Å². The van der Waals surface area contributed by atoms with Crippen LogP contribution in [0.3, 0.4) is 0 Å². The maximum atomic E-state index is 11.9. The molecule has 5 heteroatoms. The van der Waals surface area contributed by atoms with Crippen LogP contribution < -0.4 is 10.1 Å². The molecule has 2 aromatic rings. The molecule has 0 aliphatic heterocycles. The lowest BCUT2D eigenvalue weighted by molar-refractivity contribution is 0.0956. The number of thioether (sulfide) groups is 1. The number of hydrogen-bond donors (Lipinski definition) is 1. The number of carbonyl (C=O) groups is 1. The van der Waals surface area contributed by atoms with Crippen LogP contribution in [-0.4, -0.2) is 25.3 Å². The molecule has 0 radical (unpaired) electrons. The molecule has 0 aromatic heterocycles. The minimum Gasteiger partial charge on any atom is -0.497 e. The number of halogens is 1. The molecule has 116 valence electrons. The maximum absolute atomic E-state index is 11.9. The summed E-state index contributed by atoms with van der Waals surface area (Å²) in [6.07, 6.45) is 0. The number of carbonyl (C=O) groups excluding carboxylic acids is 1. The molecule has 0 spiro atoms. The van der Waals surface area contributed by atoms with Crippen molar-refractivity contribution in [3.63, 3.8) is 0 Å². The highest BCUT2D eigenvalue weighted by molar-refractivity contribution is 7.98. The molecule has 1 N–H and O–H groups in total. The second-order valence-corrected chi connectivity index (χ2v) is 6.21. The Morgan fingerprint density at radius 2 is 2.00 bits per heavy atom. The molecule has 0 saturated carbocycles. The molecule has 3 nitrogen and oxygen atoms in total. The highest BCUT2D eigenvalue weighted by atomic mass is 35.5. The van der Waals surface area contributed by atoms with Crippen LogP contribution in [-0.2, 0) is 5.75 Å². The third-order valence-corrected chi connectivity index (χ3v) is 4.31. The lowest BCUT2D eigenvalue weighted by Gasteiger charge is -2.06. The fraction of sp³-hybridized carbons (Fsp3) is 0.235. The smallest absolute Gasteiger partial charge is 0.251 e. The molecule has 0 heterocycles. The zero-order valence-electron chi connectivity index (χ0n) is 12.3. The van der Waals surface area contributed by atoms with Gasteiger partial charge in [-0.15, -0.1) is 0 Å². The minimum atomic E-state index is -0.0639. The average molecular weight is 336 g/mol. The van der Waals surface area contributed by atoms with E-state index in [1.165, 1.54) is 5.56 Å². The molecule has 0 aliphatic carbocycles. The second-order valence-electron chi connectivity index (χ2n) is 4.67. The van der Waals surface area contributed by atoms with E-state index in [1.54, 1.807) is 43.1 Å². The van der Waals surface area contributed by atoms with Crippen LogP contribution in [0.4, 0.5) is 0 Å². The Kier molecular flexibility index (Phi) is 6.62. The van der Waals surface area contributed by atoms with Crippen molar-refractivity contribution in [3.05, 3.63) is 64.7 Å². The van der Waals surface area contributed by atoms with Crippen LogP contribution in [0.2, 0.25) is 5.02 Å². The van der Waals surface area contributed by atoms with E-state index in [0.29, 0.717) is 12.1 Å². The molecular weight excluding hydrogens is 318 g/mol. The molecular formula is C17H18ClNO2S. The molecule has 0 aliphatic rings. The van der Waals surface area contributed by atoms with Gasteiger partial charge in [-0.1, -0.05) is 23.7 Å². The van der Waals surface area contributed by atoms with Gasteiger partial charge in [-0.3, -0.25) is 4.79 Å². The first-order valence-electron chi connectivity index (χ1n) is 6.93. The van der Waals surface area contributed by atoms with E-state index in [0.717, 1.165) is 22.3 Å². The van der Waals surface area contributed by atoms with Crippen LogP contribution >= 0.6 is 23.4 Å². The lowest BCUT2D eigenvalue weighted by atomic mass is 10.2. The van der Waals surface area contributed by atoms with Crippen LogP contribution in [0.1, 0.15) is 15.9 Å². The lowest BCUT2D eigenvalue weighted by Crippen LogP contribution is -2.25. The zero-order chi connectivity index (χ0) is 15.8. The molecule has 0 bridgehead atoms. The third-order valence-electron chi connectivity index (χ3n) is 3.04. The van der Waals surface area contributed by atoms with Gasteiger partial charge >= 0.3 is 0 Å². The fourth-order valence-electron chi connectivity index (χ4n) is 1.90. The summed E-state index contributed by atoms with van der Waals surface area (Å²) in [7, 11) is 1.60. The van der Waals surface area contributed by atoms with E-state index < -0.39 is 0 Å². The number of rotatable bonds is 7. The number of nitrogens with one attached hydrogen (secondary N) is 1. The van der Waals surface area contributed by atoms with Crippen molar-refractivity contribution >= 4 is 29.3 Å². The molecule has 1 amide bonds. The zero-order valence-corrected chi connectivity index (χ0v) is 13.9. The van der Waals surface area contributed by atoms with Gasteiger partial charge in [0.1, 0.15) is 5.75 Å². The van der Waals surface area contributed by atoms with Crippen LogP contribution in [0.15, 0.2) is 48.5 Å². The van der Waals surface area contributed by atoms with E-state index in [2.05, 4.69) is 11.4 Å². The number of amides is 1. The first-order valence-corrected chi connectivity index (χ1v) is 8.47. The molecule has 0 saturated heterocycles. The fourth-order valence-corrected chi connectivity index (χ4v) is 2.92. The van der Waals surface area contributed by atoms with E-state index in [4.69, 9.17) is 16.3 Å². The average Bonchev–Trinajstić information content (AvgIpc) is 2.54. The van der Waals surface area contributed by atoms with Crippen molar-refractivity contribution in [2.75, 3.05) is 19.4 Å². The maximum Gasteiger partial charge on any atom is 0.251 e. The molecule has 2 aromatic carbocycles. The summed E-state index contributed by atoms with van der Waals surface area (Å²) in [4.78, 5) is 11.9. The molecule has 0 unspecified atom stereocenters. The number of benzene rings is 2. The summed E-state index contributed by atoms with van der Waals surface area (Å²) in [5.74, 6) is 2.42. The SMILES string of the molecule is COc1ccc(C(=O)NCCSCc2cccc(Cl)c2)cc1. The van der Waals surface area contributed by atoms with Crippen LogP contribution in [0.25, 0.3) is 0 Å². The summed E-state index contributed by atoms with van der Waals surface area (Å²) >= 11 is 7.71. The quantitative estimate of drug-likeness (QED) is 0.777. The Balaban J connectivity index is 1.68. The minimum absolute atomic E-state index is 0.0639. The topological polar surface area (TPSA) is 38.3 Å². The highest BCUT2D eigenvalue weighted by Gasteiger charge is 2.04. The van der Waals surface area contributed by atoms with Crippen molar-refractivity contribution in [3.8, 4) is 5.75 Å². The summed E-state index contributed by atoms with van der Waals surface area (Å²) in [6.45, 7) is 0.635. The van der Waals surface area contributed by atoms with E-state index in [1.807, 2.05) is 18.2 Å². The van der Waals surface area contributed by atoms with E-state index in [9.17, 15) is 4.79 Å². The van der Waals surface area contributed by atoms with Crippen molar-refractivity contribution in [2.24, 2.45) is 0 Å². The van der Waals surface area contributed by atoms with Gasteiger partial charge in [-0.25, -0.2) is 0 Å². The second kappa shape index (κ2) is 8.71. The summed E-state index contributed by atoms with van der Waals surface area (Å²) < 4.78 is 5.07. The van der Waals surface area contributed by atoms with Crippen molar-refractivity contribution < 1.29 is 9.53 Å². The summed E-state index contributed by atoms with van der Waals surface area (Å²) in [5.41, 5.74) is 1.83. The Morgan fingerprint density at radius 3 is 2.68 bits per heavy atom. The molecule has 0 atom stereocenters.